The predicted octanol–water partition coefficient (Wildman–Crippen LogP) is 3.53. The lowest BCUT2D eigenvalue weighted by Gasteiger charge is -2.38. The SMILES string of the molecule is COc1ccc2c(c1)OC(C)(C)CC2NC(=O)CN(c1ccccc1Cl)S(C)(=O)=O. The van der Waals surface area contributed by atoms with Gasteiger partial charge in [0.15, 0.2) is 0 Å². The smallest absolute Gasteiger partial charge is 0.241 e. The number of methoxy groups -OCH3 is 1. The number of sulfonamides is 1. The van der Waals surface area contributed by atoms with E-state index in [0.29, 0.717) is 17.9 Å². The topological polar surface area (TPSA) is 84.9 Å². The minimum atomic E-state index is -3.72. The molecule has 3 rings (SSSR count). The van der Waals surface area contributed by atoms with E-state index in [-0.39, 0.29) is 23.3 Å². The lowest BCUT2D eigenvalue weighted by molar-refractivity contribution is -0.120. The standard InChI is InChI=1S/C21H25ClN2O5S/c1-21(2)12-17(15-10-9-14(28-3)11-19(15)29-21)23-20(25)13-24(30(4,26)27)18-8-6-5-7-16(18)22/h5-11,17H,12-13H2,1-4H3,(H,23,25). The number of ether oxygens (including phenoxy) is 2. The van der Waals surface area contributed by atoms with Crippen LogP contribution in [0.1, 0.15) is 31.9 Å². The number of fused-ring (bicyclic) bond motifs is 1. The second-order valence-corrected chi connectivity index (χ2v) is 10.1. The summed E-state index contributed by atoms with van der Waals surface area (Å²) in [5, 5.41) is 3.20. The van der Waals surface area contributed by atoms with E-state index < -0.39 is 21.5 Å². The van der Waals surface area contributed by atoms with Crippen molar-refractivity contribution in [2.45, 2.75) is 31.9 Å². The molecule has 0 aliphatic carbocycles. The molecule has 0 saturated carbocycles. The first kappa shape index (κ1) is 22.2. The van der Waals surface area contributed by atoms with E-state index in [1.807, 2.05) is 19.9 Å². The Kier molecular flexibility index (Phi) is 6.19. The van der Waals surface area contributed by atoms with Crippen molar-refractivity contribution in [2.24, 2.45) is 0 Å². The van der Waals surface area contributed by atoms with Crippen LogP contribution in [-0.4, -0.2) is 39.8 Å². The van der Waals surface area contributed by atoms with Gasteiger partial charge >= 0.3 is 0 Å². The monoisotopic (exact) mass is 452 g/mol. The van der Waals surface area contributed by atoms with Gasteiger partial charge in [0, 0.05) is 18.1 Å². The fourth-order valence-electron chi connectivity index (χ4n) is 3.49. The first-order valence-corrected chi connectivity index (χ1v) is 11.6. The first-order chi connectivity index (χ1) is 14.0. The van der Waals surface area contributed by atoms with Gasteiger partial charge < -0.3 is 14.8 Å². The van der Waals surface area contributed by atoms with Crippen molar-refractivity contribution in [2.75, 3.05) is 24.2 Å². The van der Waals surface area contributed by atoms with Gasteiger partial charge in [-0.25, -0.2) is 8.42 Å². The maximum atomic E-state index is 12.9. The highest BCUT2D eigenvalue weighted by atomic mass is 35.5. The quantitative estimate of drug-likeness (QED) is 0.724. The molecule has 0 saturated heterocycles. The number of nitrogens with zero attached hydrogens (tertiary/aromatic N) is 1. The van der Waals surface area contributed by atoms with Crippen molar-refractivity contribution >= 4 is 33.2 Å². The van der Waals surface area contributed by atoms with Gasteiger partial charge in [0.2, 0.25) is 15.9 Å². The minimum absolute atomic E-state index is 0.250. The first-order valence-electron chi connectivity index (χ1n) is 9.39. The fraction of sp³-hybridized carbons (Fsp3) is 0.381. The number of nitrogens with one attached hydrogen (secondary N) is 1. The average molecular weight is 453 g/mol. The van der Waals surface area contributed by atoms with Crippen molar-refractivity contribution in [3.63, 3.8) is 0 Å². The van der Waals surface area contributed by atoms with Gasteiger partial charge in [-0.1, -0.05) is 23.7 Å². The molecule has 1 N–H and O–H groups in total. The number of carbonyl (C=O) groups is 1. The third-order valence-electron chi connectivity index (χ3n) is 4.82. The van der Waals surface area contributed by atoms with Crippen LogP contribution in [0.15, 0.2) is 42.5 Å². The van der Waals surface area contributed by atoms with Crippen molar-refractivity contribution in [1.29, 1.82) is 0 Å². The third kappa shape index (κ3) is 4.99. The molecule has 162 valence electrons. The summed E-state index contributed by atoms with van der Waals surface area (Å²) in [4.78, 5) is 12.9. The lowest BCUT2D eigenvalue weighted by Crippen LogP contribution is -2.45. The highest BCUT2D eigenvalue weighted by Gasteiger charge is 2.35. The number of benzene rings is 2. The third-order valence-corrected chi connectivity index (χ3v) is 6.27. The highest BCUT2D eigenvalue weighted by Crippen LogP contribution is 2.41. The van der Waals surface area contributed by atoms with E-state index in [4.69, 9.17) is 21.1 Å². The molecular formula is C21H25ClN2O5S. The van der Waals surface area contributed by atoms with Crippen LogP contribution in [0.2, 0.25) is 5.02 Å². The van der Waals surface area contributed by atoms with Gasteiger partial charge in [-0.3, -0.25) is 9.10 Å². The molecule has 0 spiro atoms. The van der Waals surface area contributed by atoms with Crippen LogP contribution < -0.4 is 19.1 Å². The molecular weight excluding hydrogens is 428 g/mol. The number of amides is 1. The van der Waals surface area contributed by atoms with E-state index >= 15 is 0 Å². The molecule has 1 atom stereocenters. The van der Waals surface area contributed by atoms with Gasteiger partial charge in [0.1, 0.15) is 23.6 Å². The molecule has 1 unspecified atom stereocenters. The Labute approximate surface area is 182 Å². The summed E-state index contributed by atoms with van der Waals surface area (Å²) in [7, 11) is -2.15. The normalized spacial score (nSPS) is 17.4. The largest absolute Gasteiger partial charge is 0.497 e. The van der Waals surface area contributed by atoms with Crippen LogP contribution in [0.3, 0.4) is 0 Å². The number of halogens is 1. The average Bonchev–Trinajstić information content (AvgIpc) is 2.64. The van der Waals surface area contributed by atoms with E-state index in [1.54, 1.807) is 43.5 Å². The van der Waals surface area contributed by atoms with Crippen LogP contribution in [0.5, 0.6) is 11.5 Å². The molecule has 0 fully saturated rings. The zero-order valence-electron chi connectivity index (χ0n) is 17.3. The van der Waals surface area contributed by atoms with E-state index in [2.05, 4.69) is 5.32 Å². The summed E-state index contributed by atoms with van der Waals surface area (Å²) in [6.45, 7) is 3.48. The molecule has 2 aromatic rings. The summed E-state index contributed by atoms with van der Waals surface area (Å²) < 4.78 is 37.0. The molecule has 1 aliphatic heterocycles. The van der Waals surface area contributed by atoms with E-state index in [0.717, 1.165) is 16.1 Å². The van der Waals surface area contributed by atoms with Gasteiger partial charge in [-0.2, -0.15) is 0 Å². The van der Waals surface area contributed by atoms with E-state index in [9.17, 15) is 13.2 Å². The number of hydrogen-bond acceptors (Lipinski definition) is 5. The van der Waals surface area contributed by atoms with Crippen LogP contribution in [-0.2, 0) is 14.8 Å². The van der Waals surface area contributed by atoms with Crippen molar-refractivity contribution in [3.05, 3.63) is 53.1 Å². The van der Waals surface area contributed by atoms with Crippen LogP contribution in [0, 0.1) is 0 Å². The summed E-state index contributed by atoms with van der Waals surface area (Å²) in [5.41, 5.74) is 0.553. The Morgan fingerprint density at radius 2 is 2.00 bits per heavy atom. The Morgan fingerprint density at radius 1 is 1.30 bits per heavy atom. The number of rotatable bonds is 6. The van der Waals surface area contributed by atoms with Gasteiger partial charge in [-0.05, 0) is 38.1 Å². The summed E-state index contributed by atoms with van der Waals surface area (Å²) in [5.74, 6) is 0.838. The highest BCUT2D eigenvalue weighted by molar-refractivity contribution is 7.92. The Balaban J connectivity index is 1.85. The number of anilines is 1. The molecule has 0 bridgehead atoms. The maximum absolute atomic E-state index is 12.9. The van der Waals surface area contributed by atoms with Crippen LogP contribution >= 0.6 is 11.6 Å². The summed E-state index contributed by atoms with van der Waals surface area (Å²) >= 11 is 6.17. The van der Waals surface area contributed by atoms with Crippen molar-refractivity contribution in [3.8, 4) is 11.5 Å². The number of hydrogen-bond donors (Lipinski definition) is 1. The Hall–Kier alpha value is -2.45. The molecule has 1 heterocycles. The van der Waals surface area contributed by atoms with Gasteiger partial charge in [0.05, 0.1) is 30.1 Å². The molecule has 9 heteroatoms. The number of carbonyl (C=O) groups excluding carboxylic acids is 1. The molecule has 0 aromatic heterocycles. The zero-order valence-corrected chi connectivity index (χ0v) is 18.9. The molecule has 1 amide bonds. The van der Waals surface area contributed by atoms with Crippen molar-refractivity contribution in [1.82, 2.24) is 5.32 Å². The molecule has 2 aromatic carbocycles. The molecule has 1 aliphatic rings. The second kappa shape index (κ2) is 8.35. The lowest BCUT2D eigenvalue weighted by atomic mass is 9.89. The second-order valence-electron chi connectivity index (χ2n) is 7.81. The van der Waals surface area contributed by atoms with Gasteiger partial charge in [0.25, 0.3) is 0 Å². The van der Waals surface area contributed by atoms with Crippen molar-refractivity contribution < 1.29 is 22.7 Å². The van der Waals surface area contributed by atoms with Gasteiger partial charge in [-0.15, -0.1) is 0 Å². The van der Waals surface area contributed by atoms with Crippen LogP contribution in [0.25, 0.3) is 0 Å². The summed E-state index contributed by atoms with van der Waals surface area (Å²) in [6, 6.07) is 11.6. The fourth-order valence-corrected chi connectivity index (χ4v) is 4.65. The van der Waals surface area contributed by atoms with E-state index in [1.165, 1.54) is 0 Å². The summed E-state index contributed by atoms with van der Waals surface area (Å²) in [6.07, 6.45) is 1.58. The molecule has 0 radical (unpaired) electrons. The minimum Gasteiger partial charge on any atom is -0.497 e. The molecule has 7 nitrogen and oxygen atoms in total. The van der Waals surface area contributed by atoms with Crippen LogP contribution in [0.4, 0.5) is 5.69 Å². The molecule has 30 heavy (non-hydrogen) atoms. The zero-order chi connectivity index (χ0) is 22.1. The predicted molar refractivity (Wildman–Crippen MR) is 117 cm³/mol. The Bertz CT molecular complexity index is 1060. The number of para-hydroxylation sites is 1. The Morgan fingerprint density at radius 3 is 2.63 bits per heavy atom. The maximum Gasteiger partial charge on any atom is 0.241 e.